The first kappa shape index (κ1) is 18.8. The van der Waals surface area contributed by atoms with E-state index in [9.17, 15) is 13.2 Å². The average Bonchev–Trinajstić information content (AvgIpc) is 2.48. The molecule has 0 bridgehead atoms. The zero-order chi connectivity index (χ0) is 17.9. The van der Waals surface area contributed by atoms with Crippen LogP contribution in [-0.4, -0.2) is 25.2 Å². The summed E-state index contributed by atoms with van der Waals surface area (Å²) < 4.78 is 30.0. The van der Waals surface area contributed by atoms with Gasteiger partial charge in [-0.3, -0.25) is 4.79 Å². The summed E-state index contributed by atoms with van der Waals surface area (Å²) >= 11 is 9.41. The number of aliphatic carboxylic acids is 1. The molecule has 128 valence electrons. The van der Waals surface area contributed by atoms with Crippen molar-refractivity contribution in [2.45, 2.75) is 18.2 Å². The van der Waals surface area contributed by atoms with Gasteiger partial charge < -0.3 is 9.84 Å². The molecule has 0 saturated heterocycles. The highest BCUT2D eigenvalue weighted by Gasteiger charge is 2.15. The summed E-state index contributed by atoms with van der Waals surface area (Å²) in [5, 5.41) is 9.04. The molecule has 2 rings (SSSR count). The Morgan fingerprint density at radius 1 is 1.25 bits per heavy atom. The van der Waals surface area contributed by atoms with Crippen molar-refractivity contribution < 1.29 is 23.1 Å². The van der Waals surface area contributed by atoms with Crippen LogP contribution >= 0.6 is 27.5 Å². The first-order valence-electron chi connectivity index (χ1n) is 6.92. The van der Waals surface area contributed by atoms with Gasteiger partial charge in [0.2, 0.25) is 0 Å². The highest BCUT2D eigenvalue weighted by molar-refractivity contribution is 9.10. The van der Waals surface area contributed by atoms with Crippen molar-refractivity contribution in [1.82, 2.24) is 0 Å². The van der Waals surface area contributed by atoms with Crippen LogP contribution in [0.5, 0.6) is 11.5 Å². The molecule has 0 atom stereocenters. The van der Waals surface area contributed by atoms with Crippen molar-refractivity contribution in [3.05, 3.63) is 51.5 Å². The molecule has 0 radical (unpaired) electrons. The molecule has 0 saturated carbocycles. The third kappa shape index (κ3) is 4.72. The van der Waals surface area contributed by atoms with Crippen LogP contribution in [0.25, 0.3) is 0 Å². The van der Waals surface area contributed by atoms with Gasteiger partial charge in [-0.15, -0.1) is 0 Å². The maximum Gasteiger partial charge on any atom is 0.307 e. The lowest BCUT2D eigenvalue weighted by Crippen LogP contribution is -2.03. The fraction of sp³-hybridized carbons (Fsp3) is 0.188. The molecule has 8 heteroatoms. The third-order valence-corrected chi connectivity index (χ3v) is 5.64. The van der Waals surface area contributed by atoms with E-state index in [0.717, 1.165) is 0 Å². The van der Waals surface area contributed by atoms with Crippen LogP contribution in [-0.2, 0) is 21.1 Å². The SMILES string of the molecule is CCS(=O)(=O)c1ccc(Oc2cc(Br)cc(CC(=O)O)c2)c(Cl)c1. The van der Waals surface area contributed by atoms with Gasteiger partial charge in [-0.05, 0) is 42.0 Å². The molecule has 0 aliphatic carbocycles. The van der Waals surface area contributed by atoms with Gasteiger partial charge in [0.05, 0.1) is 22.1 Å². The Balaban J connectivity index is 2.32. The molecule has 1 N–H and O–H groups in total. The molecule has 0 aliphatic heterocycles. The van der Waals surface area contributed by atoms with E-state index < -0.39 is 15.8 Å². The maximum absolute atomic E-state index is 11.9. The standard InChI is InChI=1S/C16H14BrClO5S/c1-2-24(21,22)13-3-4-15(14(18)9-13)23-12-6-10(7-16(19)20)5-11(17)8-12/h3-6,8-9H,2,7H2,1H3,(H,19,20). The van der Waals surface area contributed by atoms with Gasteiger partial charge in [0.15, 0.2) is 9.84 Å². The smallest absolute Gasteiger partial charge is 0.307 e. The van der Waals surface area contributed by atoms with Crippen LogP contribution in [0.1, 0.15) is 12.5 Å². The second-order valence-electron chi connectivity index (χ2n) is 4.96. The van der Waals surface area contributed by atoms with Gasteiger partial charge in [0.25, 0.3) is 0 Å². The molecule has 0 spiro atoms. The predicted molar refractivity (Wildman–Crippen MR) is 94.7 cm³/mol. The Morgan fingerprint density at radius 3 is 2.54 bits per heavy atom. The number of ether oxygens (including phenoxy) is 1. The summed E-state index contributed by atoms with van der Waals surface area (Å²) in [5.41, 5.74) is 0.563. The topological polar surface area (TPSA) is 80.7 Å². The fourth-order valence-electron chi connectivity index (χ4n) is 2.01. The van der Waals surface area contributed by atoms with E-state index in [1.165, 1.54) is 18.2 Å². The van der Waals surface area contributed by atoms with Crippen LogP contribution in [0.15, 0.2) is 45.8 Å². The molecule has 0 amide bonds. The molecule has 2 aromatic carbocycles. The van der Waals surface area contributed by atoms with Gasteiger partial charge >= 0.3 is 5.97 Å². The van der Waals surface area contributed by atoms with Crippen molar-refractivity contribution >= 4 is 43.3 Å². The fourth-order valence-corrected chi connectivity index (χ4v) is 3.72. The van der Waals surface area contributed by atoms with Crippen molar-refractivity contribution in [2.24, 2.45) is 0 Å². The molecular weight excluding hydrogens is 420 g/mol. The Hall–Kier alpha value is -1.57. The largest absolute Gasteiger partial charge is 0.481 e. The van der Waals surface area contributed by atoms with Crippen LogP contribution in [0.4, 0.5) is 0 Å². The Bertz CT molecular complexity index is 880. The number of hydrogen-bond acceptors (Lipinski definition) is 4. The molecule has 0 unspecified atom stereocenters. The van der Waals surface area contributed by atoms with E-state index in [1.807, 2.05) is 0 Å². The minimum atomic E-state index is -3.35. The van der Waals surface area contributed by atoms with Crippen LogP contribution in [0, 0.1) is 0 Å². The third-order valence-electron chi connectivity index (χ3n) is 3.16. The van der Waals surface area contributed by atoms with Gasteiger partial charge in [0.1, 0.15) is 11.5 Å². The van der Waals surface area contributed by atoms with E-state index in [1.54, 1.807) is 25.1 Å². The highest BCUT2D eigenvalue weighted by Crippen LogP contribution is 2.33. The van der Waals surface area contributed by atoms with Gasteiger partial charge in [-0.25, -0.2) is 8.42 Å². The lowest BCUT2D eigenvalue weighted by molar-refractivity contribution is -0.136. The maximum atomic E-state index is 11.9. The number of carbonyl (C=O) groups is 1. The normalized spacial score (nSPS) is 11.3. The molecule has 24 heavy (non-hydrogen) atoms. The minimum Gasteiger partial charge on any atom is -0.481 e. The van der Waals surface area contributed by atoms with Crippen molar-refractivity contribution in [1.29, 1.82) is 0 Å². The van der Waals surface area contributed by atoms with E-state index in [4.69, 9.17) is 21.4 Å². The molecule has 0 fully saturated rings. The Kier molecular flexibility index (Phi) is 5.90. The van der Waals surface area contributed by atoms with Gasteiger partial charge in [-0.1, -0.05) is 34.5 Å². The van der Waals surface area contributed by atoms with Crippen LogP contribution in [0.2, 0.25) is 5.02 Å². The van der Waals surface area contributed by atoms with Crippen LogP contribution in [0.3, 0.4) is 0 Å². The van der Waals surface area contributed by atoms with Crippen LogP contribution < -0.4 is 4.74 Å². The molecular formula is C16H14BrClO5S. The lowest BCUT2D eigenvalue weighted by Gasteiger charge is -2.11. The van der Waals surface area contributed by atoms with E-state index in [0.29, 0.717) is 15.8 Å². The van der Waals surface area contributed by atoms with Gasteiger partial charge in [0, 0.05) is 4.47 Å². The average molecular weight is 434 g/mol. The van der Waals surface area contributed by atoms with Crippen molar-refractivity contribution in [3.8, 4) is 11.5 Å². The predicted octanol–water partition coefficient (Wildman–Crippen LogP) is 4.32. The number of hydrogen-bond donors (Lipinski definition) is 1. The first-order chi connectivity index (χ1) is 11.2. The minimum absolute atomic E-state index is 0.0201. The van der Waals surface area contributed by atoms with Crippen molar-refractivity contribution in [3.63, 3.8) is 0 Å². The zero-order valence-electron chi connectivity index (χ0n) is 12.6. The second-order valence-corrected chi connectivity index (χ2v) is 8.56. The Labute approximate surface area is 153 Å². The Morgan fingerprint density at radius 2 is 1.96 bits per heavy atom. The molecule has 2 aromatic rings. The highest BCUT2D eigenvalue weighted by atomic mass is 79.9. The summed E-state index contributed by atoms with van der Waals surface area (Å²) in [6.07, 6.45) is -0.142. The number of halogens is 2. The number of carboxylic acids is 1. The van der Waals surface area contributed by atoms with Gasteiger partial charge in [-0.2, -0.15) is 0 Å². The molecule has 0 aromatic heterocycles. The number of rotatable bonds is 6. The lowest BCUT2D eigenvalue weighted by atomic mass is 10.1. The summed E-state index contributed by atoms with van der Waals surface area (Å²) in [7, 11) is -3.35. The molecule has 0 heterocycles. The monoisotopic (exact) mass is 432 g/mol. The molecule has 0 aliphatic rings. The zero-order valence-corrected chi connectivity index (χ0v) is 15.8. The molecule has 5 nitrogen and oxygen atoms in total. The number of benzene rings is 2. The second kappa shape index (κ2) is 7.55. The number of sulfone groups is 1. The summed E-state index contributed by atoms with van der Waals surface area (Å²) in [5.74, 6) is -0.292. The van der Waals surface area contributed by atoms with E-state index >= 15 is 0 Å². The summed E-state index contributed by atoms with van der Waals surface area (Å²) in [6.45, 7) is 1.55. The quantitative estimate of drug-likeness (QED) is 0.734. The summed E-state index contributed by atoms with van der Waals surface area (Å²) in [4.78, 5) is 11.0. The summed E-state index contributed by atoms with van der Waals surface area (Å²) in [6, 6.07) is 9.18. The first-order valence-corrected chi connectivity index (χ1v) is 9.75. The van der Waals surface area contributed by atoms with E-state index in [-0.39, 0.29) is 27.8 Å². The number of carboxylic acid groups (broad SMARTS) is 1. The van der Waals surface area contributed by atoms with Crippen molar-refractivity contribution in [2.75, 3.05) is 5.75 Å². The van der Waals surface area contributed by atoms with E-state index in [2.05, 4.69) is 15.9 Å².